The number of hydrogen-bond donors (Lipinski definition) is 1. The van der Waals surface area contributed by atoms with Gasteiger partial charge < -0.3 is 4.74 Å². The largest absolute Gasteiger partial charge is 0.497 e. The lowest BCUT2D eigenvalue weighted by Gasteiger charge is -2.04. The molecule has 0 fully saturated rings. The Balaban J connectivity index is 2.08. The van der Waals surface area contributed by atoms with Gasteiger partial charge in [0.2, 0.25) is 0 Å². The van der Waals surface area contributed by atoms with E-state index in [9.17, 15) is 4.79 Å². The molecule has 2 aromatic carbocycles. The summed E-state index contributed by atoms with van der Waals surface area (Å²) in [5.41, 5.74) is 4.77. The second kappa shape index (κ2) is 6.52. The Labute approximate surface area is 118 Å². The molecule has 0 spiro atoms. The van der Waals surface area contributed by atoms with Gasteiger partial charge in [0.15, 0.2) is 0 Å². The smallest absolute Gasteiger partial charge is 0.271 e. The quantitative estimate of drug-likeness (QED) is 0.684. The Morgan fingerprint density at radius 1 is 1.05 bits per heavy atom. The fourth-order valence-corrected chi connectivity index (χ4v) is 1.71. The van der Waals surface area contributed by atoms with Gasteiger partial charge in [-0.1, -0.05) is 36.4 Å². The first-order valence-corrected chi connectivity index (χ1v) is 6.25. The monoisotopic (exact) mass is 268 g/mol. The Morgan fingerprint density at radius 3 is 2.45 bits per heavy atom. The van der Waals surface area contributed by atoms with Crippen LogP contribution in [-0.2, 0) is 0 Å². The van der Waals surface area contributed by atoms with E-state index >= 15 is 0 Å². The summed E-state index contributed by atoms with van der Waals surface area (Å²) in [6.45, 7) is 1.85. The molecule has 4 heteroatoms. The number of hydrogen-bond acceptors (Lipinski definition) is 3. The van der Waals surface area contributed by atoms with Crippen LogP contribution in [0.5, 0.6) is 5.75 Å². The zero-order valence-electron chi connectivity index (χ0n) is 11.5. The first-order chi connectivity index (χ1) is 9.70. The third kappa shape index (κ3) is 3.45. The molecule has 0 aliphatic carbocycles. The van der Waals surface area contributed by atoms with Gasteiger partial charge in [0.05, 0.1) is 12.8 Å². The second-order valence-electron chi connectivity index (χ2n) is 4.24. The number of ether oxygens (including phenoxy) is 1. The number of rotatable bonds is 4. The van der Waals surface area contributed by atoms with Gasteiger partial charge in [0.1, 0.15) is 5.75 Å². The Morgan fingerprint density at radius 2 is 1.75 bits per heavy atom. The second-order valence-corrected chi connectivity index (χ2v) is 4.24. The fourth-order valence-electron chi connectivity index (χ4n) is 1.71. The van der Waals surface area contributed by atoms with E-state index in [0.717, 1.165) is 11.3 Å². The van der Waals surface area contributed by atoms with Gasteiger partial charge in [-0.2, -0.15) is 5.10 Å². The topological polar surface area (TPSA) is 50.7 Å². The standard InChI is InChI=1S/C16H16N2O2/c1-12(13-7-4-3-5-8-13)17-18-16(19)14-9-6-10-15(11-14)20-2/h3-11H,1-2H3,(H,18,19). The van der Waals surface area contributed by atoms with Crippen molar-refractivity contribution in [1.29, 1.82) is 0 Å². The van der Waals surface area contributed by atoms with Crippen LogP contribution in [0.3, 0.4) is 0 Å². The van der Waals surface area contributed by atoms with Gasteiger partial charge >= 0.3 is 0 Å². The van der Waals surface area contributed by atoms with Crippen molar-refractivity contribution in [2.45, 2.75) is 6.92 Å². The molecular weight excluding hydrogens is 252 g/mol. The van der Waals surface area contributed by atoms with Crippen LogP contribution in [0, 0.1) is 0 Å². The van der Waals surface area contributed by atoms with Crippen molar-refractivity contribution in [3.63, 3.8) is 0 Å². The predicted octanol–water partition coefficient (Wildman–Crippen LogP) is 2.85. The van der Waals surface area contributed by atoms with Gasteiger partial charge in [0.25, 0.3) is 5.91 Å². The van der Waals surface area contributed by atoms with Gasteiger partial charge in [0, 0.05) is 5.56 Å². The molecule has 0 saturated heterocycles. The van der Waals surface area contributed by atoms with Crippen LogP contribution < -0.4 is 10.2 Å². The number of carbonyl (C=O) groups is 1. The lowest BCUT2D eigenvalue weighted by molar-refractivity contribution is 0.0954. The molecule has 0 heterocycles. The van der Waals surface area contributed by atoms with Crippen molar-refractivity contribution in [2.24, 2.45) is 5.10 Å². The van der Waals surface area contributed by atoms with Crippen molar-refractivity contribution in [2.75, 3.05) is 7.11 Å². The molecule has 1 amide bonds. The number of benzene rings is 2. The van der Waals surface area contributed by atoms with Crippen molar-refractivity contribution < 1.29 is 9.53 Å². The summed E-state index contributed by atoms with van der Waals surface area (Å²) >= 11 is 0. The molecule has 2 aromatic rings. The highest BCUT2D eigenvalue weighted by atomic mass is 16.5. The number of nitrogens with one attached hydrogen (secondary N) is 1. The molecule has 0 aliphatic rings. The van der Waals surface area contributed by atoms with Crippen molar-refractivity contribution in [3.8, 4) is 5.75 Å². The zero-order valence-corrected chi connectivity index (χ0v) is 11.5. The van der Waals surface area contributed by atoms with Crippen LogP contribution in [-0.4, -0.2) is 18.7 Å². The van der Waals surface area contributed by atoms with E-state index in [0.29, 0.717) is 11.3 Å². The molecule has 0 aromatic heterocycles. The number of carbonyl (C=O) groups excluding carboxylic acids is 1. The van der Waals surface area contributed by atoms with E-state index in [1.54, 1.807) is 31.4 Å². The molecule has 2 rings (SSSR count). The first-order valence-electron chi connectivity index (χ1n) is 6.25. The molecule has 0 unspecified atom stereocenters. The minimum Gasteiger partial charge on any atom is -0.497 e. The highest BCUT2D eigenvalue weighted by Gasteiger charge is 2.05. The average Bonchev–Trinajstić information content (AvgIpc) is 2.53. The van der Waals surface area contributed by atoms with E-state index in [1.165, 1.54) is 0 Å². The van der Waals surface area contributed by atoms with Crippen LogP contribution in [0.2, 0.25) is 0 Å². The predicted molar refractivity (Wildman–Crippen MR) is 79.1 cm³/mol. The average molecular weight is 268 g/mol. The van der Waals surface area contributed by atoms with Gasteiger partial charge in [-0.15, -0.1) is 0 Å². The maximum atomic E-state index is 12.0. The molecule has 0 saturated carbocycles. The Bertz CT molecular complexity index is 621. The van der Waals surface area contributed by atoms with Crippen LogP contribution >= 0.6 is 0 Å². The SMILES string of the molecule is COc1cccc(C(=O)NN=C(C)c2ccccc2)c1. The van der Waals surface area contributed by atoms with E-state index in [1.807, 2.05) is 37.3 Å². The molecule has 1 N–H and O–H groups in total. The molecule has 102 valence electrons. The van der Waals surface area contributed by atoms with Crippen LogP contribution in [0.4, 0.5) is 0 Å². The molecule has 0 aliphatic heterocycles. The number of hydrazone groups is 1. The number of methoxy groups -OCH3 is 1. The molecular formula is C16H16N2O2. The van der Waals surface area contributed by atoms with Crippen LogP contribution in [0.25, 0.3) is 0 Å². The van der Waals surface area contributed by atoms with E-state index in [-0.39, 0.29) is 5.91 Å². The van der Waals surface area contributed by atoms with Crippen LogP contribution in [0.1, 0.15) is 22.8 Å². The summed E-state index contributed by atoms with van der Waals surface area (Å²) < 4.78 is 5.08. The maximum absolute atomic E-state index is 12.0. The molecule has 0 radical (unpaired) electrons. The van der Waals surface area contributed by atoms with E-state index in [4.69, 9.17) is 4.74 Å². The highest BCUT2D eigenvalue weighted by Crippen LogP contribution is 2.12. The van der Waals surface area contributed by atoms with E-state index in [2.05, 4.69) is 10.5 Å². The Kier molecular flexibility index (Phi) is 4.50. The van der Waals surface area contributed by atoms with Gasteiger partial charge in [-0.3, -0.25) is 4.79 Å². The van der Waals surface area contributed by atoms with Crippen molar-refractivity contribution >= 4 is 11.6 Å². The summed E-state index contributed by atoms with van der Waals surface area (Å²) in [4.78, 5) is 12.0. The highest BCUT2D eigenvalue weighted by molar-refractivity contribution is 6.00. The maximum Gasteiger partial charge on any atom is 0.271 e. The Hall–Kier alpha value is -2.62. The first kappa shape index (κ1) is 13.8. The number of nitrogens with zero attached hydrogens (tertiary/aromatic N) is 1. The van der Waals surface area contributed by atoms with Gasteiger partial charge in [-0.25, -0.2) is 5.43 Å². The normalized spacial score (nSPS) is 11.0. The zero-order chi connectivity index (χ0) is 14.4. The summed E-state index contributed by atoms with van der Waals surface area (Å²) in [6.07, 6.45) is 0. The van der Waals surface area contributed by atoms with Gasteiger partial charge in [-0.05, 0) is 30.7 Å². The van der Waals surface area contributed by atoms with Crippen molar-refractivity contribution in [3.05, 3.63) is 65.7 Å². The molecule has 20 heavy (non-hydrogen) atoms. The van der Waals surface area contributed by atoms with Crippen molar-refractivity contribution in [1.82, 2.24) is 5.43 Å². The lowest BCUT2D eigenvalue weighted by Crippen LogP contribution is -2.19. The summed E-state index contributed by atoms with van der Waals surface area (Å²) in [7, 11) is 1.56. The summed E-state index contributed by atoms with van der Waals surface area (Å²) in [5.74, 6) is 0.376. The third-order valence-corrected chi connectivity index (χ3v) is 2.85. The fraction of sp³-hybridized carbons (Fsp3) is 0.125. The molecule has 0 bridgehead atoms. The minimum atomic E-state index is -0.265. The van der Waals surface area contributed by atoms with E-state index < -0.39 is 0 Å². The molecule has 4 nitrogen and oxygen atoms in total. The summed E-state index contributed by atoms with van der Waals surface area (Å²) in [6, 6.07) is 16.6. The third-order valence-electron chi connectivity index (χ3n) is 2.85. The lowest BCUT2D eigenvalue weighted by atomic mass is 10.1. The number of amides is 1. The molecule has 0 atom stereocenters. The van der Waals surface area contributed by atoms with Crippen LogP contribution in [0.15, 0.2) is 59.7 Å². The summed E-state index contributed by atoms with van der Waals surface area (Å²) in [5, 5.41) is 4.10. The minimum absolute atomic E-state index is 0.265.